The normalized spacial score (nSPS) is 12.5. The van der Waals surface area contributed by atoms with E-state index in [0.717, 1.165) is 5.69 Å². The number of aryl methyl sites for hydroxylation is 1. The predicted molar refractivity (Wildman–Crippen MR) is 50.5 cm³/mol. The lowest BCUT2D eigenvalue weighted by Gasteiger charge is -2.12. The van der Waals surface area contributed by atoms with Gasteiger partial charge in [-0.3, -0.25) is 9.48 Å². The number of halogens is 1. The van der Waals surface area contributed by atoms with E-state index < -0.39 is 0 Å². The van der Waals surface area contributed by atoms with Crippen LogP contribution in [0, 0.1) is 0 Å². The molecule has 0 aliphatic rings. The Morgan fingerprint density at radius 2 is 2.54 bits per heavy atom. The Kier molecular flexibility index (Phi) is 3.31. The summed E-state index contributed by atoms with van der Waals surface area (Å²) in [5, 5.41) is 6.74. The van der Waals surface area contributed by atoms with Gasteiger partial charge in [0.2, 0.25) is 5.91 Å². The summed E-state index contributed by atoms with van der Waals surface area (Å²) in [6, 6.07) is 1.80. The maximum Gasteiger partial charge on any atom is 0.235 e. The molecule has 0 aliphatic heterocycles. The molecule has 1 rings (SSSR count). The molecule has 1 aromatic rings. The van der Waals surface area contributed by atoms with E-state index in [9.17, 15) is 4.79 Å². The van der Waals surface area contributed by atoms with Crippen LogP contribution in [-0.4, -0.2) is 21.6 Å². The van der Waals surface area contributed by atoms with E-state index in [2.05, 4.69) is 10.4 Å². The number of aromatic nitrogens is 2. The molecule has 0 bridgehead atoms. The van der Waals surface area contributed by atoms with Crippen LogP contribution in [0.1, 0.15) is 18.7 Å². The van der Waals surface area contributed by atoms with Gasteiger partial charge in [-0.15, -0.1) is 11.6 Å². The largest absolute Gasteiger partial charge is 0.347 e. The Labute approximate surface area is 81.9 Å². The van der Waals surface area contributed by atoms with Crippen LogP contribution < -0.4 is 5.32 Å². The van der Waals surface area contributed by atoms with E-state index >= 15 is 0 Å². The molecule has 0 saturated heterocycles. The number of nitrogens with one attached hydrogen (secondary N) is 1. The van der Waals surface area contributed by atoms with Crippen molar-refractivity contribution in [3.63, 3.8) is 0 Å². The molecule has 13 heavy (non-hydrogen) atoms. The molecule has 0 saturated carbocycles. The third-order valence-corrected chi connectivity index (χ3v) is 2.04. The zero-order valence-corrected chi connectivity index (χ0v) is 8.38. The molecule has 0 fully saturated rings. The molecule has 1 aromatic heterocycles. The molecule has 1 atom stereocenters. The van der Waals surface area contributed by atoms with E-state index in [1.807, 2.05) is 20.0 Å². The number of hydrogen-bond donors (Lipinski definition) is 1. The molecule has 0 unspecified atom stereocenters. The van der Waals surface area contributed by atoms with Crippen LogP contribution in [-0.2, 0) is 11.8 Å². The Hall–Kier alpha value is -1.03. The second-order valence-electron chi connectivity index (χ2n) is 2.80. The van der Waals surface area contributed by atoms with Crippen molar-refractivity contribution in [1.82, 2.24) is 15.1 Å². The minimum absolute atomic E-state index is 0.0117. The third kappa shape index (κ3) is 2.45. The van der Waals surface area contributed by atoms with Crippen molar-refractivity contribution < 1.29 is 4.79 Å². The Bertz CT molecular complexity index is 297. The average Bonchev–Trinajstić information content (AvgIpc) is 2.51. The topological polar surface area (TPSA) is 46.9 Å². The van der Waals surface area contributed by atoms with Crippen molar-refractivity contribution in [2.45, 2.75) is 13.0 Å². The molecular formula is C8H12ClN3O. The molecule has 5 heteroatoms. The lowest BCUT2D eigenvalue weighted by Crippen LogP contribution is -2.28. The standard InChI is InChI=1S/C8H12ClN3O/c1-6(11-8(13)5-9)7-3-4-10-12(7)2/h3-4,6H,5H2,1-2H3,(H,11,13)/t6-/m1/s1. The number of rotatable bonds is 3. The van der Waals surface area contributed by atoms with E-state index in [1.54, 1.807) is 10.9 Å². The zero-order chi connectivity index (χ0) is 9.84. The van der Waals surface area contributed by atoms with Crippen LogP contribution in [0.4, 0.5) is 0 Å². The number of carbonyl (C=O) groups excluding carboxylic acids is 1. The van der Waals surface area contributed by atoms with E-state index in [0.29, 0.717) is 0 Å². The molecule has 0 spiro atoms. The Morgan fingerprint density at radius 1 is 1.85 bits per heavy atom. The predicted octanol–water partition coefficient (Wildman–Crippen LogP) is 0.836. The van der Waals surface area contributed by atoms with Gasteiger partial charge in [0.25, 0.3) is 0 Å². The number of hydrogen-bond acceptors (Lipinski definition) is 2. The highest BCUT2D eigenvalue weighted by Gasteiger charge is 2.10. The van der Waals surface area contributed by atoms with Crippen LogP contribution in [0.25, 0.3) is 0 Å². The minimum Gasteiger partial charge on any atom is -0.347 e. The van der Waals surface area contributed by atoms with E-state index in [4.69, 9.17) is 11.6 Å². The van der Waals surface area contributed by atoms with Gasteiger partial charge >= 0.3 is 0 Å². The second-order valence-corrected chi connectivity index (χ2v) is 3.07. The van der Waals surface area contributed by atoms with Gasteiger partial charge in [0, 0.05) is 13.2 Å². The summed E-state index contributed by atoms with van der Waals surface area (Å²) < 4.78 is 1.72. The summed E-state index contributed by atoms with van der Waals surface area (Å²) in [6.07, 6.45) is 1.69. The highest BCUT2D eigenvalue weighted by molar-refractivity contribution is 6.27. The first-order valence-corrected chi connectivity index (χ1v) is 4.52. The van der Waals surface area contributed by atoms with Crippen LogP contribution in [0.15, 0.2) is 12.3 Å². The van der Waals surface area contributed by atoms with Gasteiger partial charge in [-0.05, 0) is 13.0 Å². The summed E-state index contributed by atoms with van der Waals surface area (Å²) in [5.74, 6) is -0.183. The van der Waals surface area contributed by atoms with Crippen molar-refractivity contribution >= 4 is 17.5 Å². The summed E-state index contributed by atoms with van der Waals surface area (Å²) in [7, 11) is 1.83. The van der Waals surface area contributed by atoms with Crippen molar-refractivity contribution in [3.05, 3.63) is 18.0 Å². The molecule has 4 nitrogen and oxygen atoms in total. The van der Waals surface area contributed by atoms with Crippen LogP contribution in [0.5, 0.6) is 0 Å². The summed E-state index contributed by atoms with van der Waals surface area (Å²) in [6.45, 7) is 1.89. The van der Waals surface area contributed by atoms with Gasteiger partial charge in [-0.1, -0.05) is 0 Å². The highest BCUT2D eigenvalue weighted by Crippen LogP contribution is 2.09. The number of carbonyl (C=O) groups is 1. The van der Waals surface area contributed by atoms with Gasteiger partial charge in [-0.2, -0.15) is 5.10 Å². The van der Waals surface area contributed by atoms with Crippen LogP contribution >= 0.6 is 11.6 Å². The van der Waals surface area contributed by atoms with Crippen molar-refractivity contribution in [2.24, 2.45) is 7.05 Å². The van der Waals surface area contributed by atoms with Crippen molar-refractivity contribution in [1.29, 1.82) is 0 Å². The van der Waals surface area contributed by atoms with Crippen LogP contribution in [0.2, 0.25) is 0 Å². The number of alkyl halides is 1. The molecule has 0 aromatic carbocycles. The SMILES string of the molecule is C[C@@H](NC(=O)CCl)c1ccnn1C. The van der Waals surface area contributed by atoms with Gasteiger partial charge in [0.05, 0.1) is 11.7 Å². The first kappa shape index (κ1) is 10.1. The lowest BCUT2D eigenvalue weighted by molar-refractivity contribution is -0.119. The first-order valence-electron chi connectivity index (χ1n) is 3.98. The summed E-state index contributed by atoms with van der Waals surface area (Å²) >= 11 is 5.36. The second kappa shape index (κ2) is 4.28. The zero-order valence-electron chi connectivity index (χ0n) is 7.62. The average molecular weight is 202 g/mol. The van der Waals surface area contributed by atoms with Gasteiger partial charge in [0.1, 0.15) is 5.88 Å². The lowest BCUT2D eigenvalue weighted by atomic mass is 10.2. The van der Waals surface area contributed by atoms with Crippen LogP contribution in [0.3, 0.4) is 0 Å². The molecule has 1 heterocycles. The molecular weight excluding hydrogens is 190 g/mol. The van der Waals surface area contributed by atoms with Gasteiger partial charge < -0.3 is 5.32 Å². The summed E-state index contributed by atoms with van der Waals surface area (Å²) in [4.78, 5) is 11.0. The fraction of sp³-hybridized carbons (Fsp3) is 0.500. The number of amides is 1. The molecule has 0 aliphatic carbocycles. The minimum atomic E-state index is -0.171. The van der Waals surface area contributed by atoms with Crippen molar-refractivity contribution in [3.8, 4) is 0 Å². The fourth-order valence-electron chi connectivity index (χ4n) is 1.16. The maximum atomic E-state index is 11.0. The monoisotopic (exact) mass is 201 g/mol. The first-order chi connectivity index (χ1) is 6.15. The van der Waals surface area contributed by atoms with E-state index in [1.165, 1.54) is 0 Å². The smallest absolute Gasteiger partial charge is 0.235 e. The molecule has 1 N–H and O–H groups in total. The highest BCUT2D eigenvalue weighted by atomic mass is 35.5. The van der Waals surface area contributed by atoms with E-state index in [-0.39, 0.29) is 17.8 Å². The third-order valence-electron chi connectivity index (χ3n) is 1.80. The number of nitrogens with zero attached hydrogens (tertiary/aromatic N) is 2. The maximum absolute atomic E-state index is 11.0. The quantitative estimate of drug-likeness (QED) is 0.737. The molecule has 1 amide bonds. The molecule has 0 radical (unpaired) electrons. The van der Waals surface area contributed by atoms with Crippen molar-refractivity contribution in [2.75, 3.05) is 5.88 Å². The molecule has 72 valence electrons. The fourth-order valence-corrected chi connectivity index (χ4v) is 1.24. The van der Waals surface area contributed by atoms with Gasteiger partial charge in [0.15, 0.2) is 0 Å². The van der Waals surface area contributed by atoms with Gasteiger partial charge in [-0.25, -0.2) is 0 Å². The Morgan fingerprint density at radius 3 is 3.00 bits per heavy atom. The Balaban J connectivity index is 2.63. The summed E-state index contributed by atoms with van der Waals surface area (Å²) in [5.41, 5.74) is 0.957.